The van der Waals surface area contributed by atoms with Crippen LogP contribution in [0.2, 0.25) is 0 Å². The van der Waals surface area contributed by atoms with Crippen LogP contribution in [-0.2, 0) is 13.0 Å². The van der Waals surface area contributed by atoms with E-state index in [-0.39, 0.29) is 6.04 Å². The molecule has 1 aromatic heterocycles. The monoisotopic (exact) mass is 287 g/mol. The van der Waals surface area contributed by atoms with E-state index in [0.717, 1.165) is 36.5 Å². The lowest BCUT2D eigenvalue weighted by Gasteiger charge is -2.18. The third-order valence-electron chi connectivity index (χ3n) is 3.82. The normalized spacial score (nSPS) is 12.4. The molecule has 0 aliphatic carbocycles. The number of nitrogens with zero attached hydrogens (tertiary/aromatic N) is 2. The summed E-state index contributed by atoms with van der Waals surface area (Å²) in [5, 5.41) is 3.40. The zero-order valence-corrected chi connectivity index (χ0v) is 13.4. The Morgan fingerprint density at radius 3 is 2.81 bits per heavy atom. The molecule has 114 valence electrons. The minimum absolute atomic E-state index is 0.257. The van der Waals surface area contributed by atoms with Gasteiger partial charge < -0.3 is 14.6 Å². The summed E-state index contributed by atoms with van der Waals surface area (Å²) < 4.78 is 7.57. The van der Waals surface area contributed by atoms with Crippen molar-refractivity contribution in [1.82, 2.24) is 14.9 Å². The van der Waals surface area contributed by atoms with Crippen LogP contribution < -0.4 is 10.1 Å². The molecule has 4 nitrogen and oxygen atoms in total. The summed E-state index contributed by atoms with van der Waals surface area (Å²) in [4.78, 5) is 4.50. The molecule has 0 saturated heterocycles. The number of hydrogen-bond acceptors (Lipinski definition) is 3. The van der Waals surface area contributed by atoms with Gasteiger partial charge in [-0.15, -0.1) is 0 Å². The van der Waals surface area contributed by atoms with Crippen LogP contribution in [0.3, 0.4) is 0 Å². The van der Waals surface area contributed by atoms with Gasteiger partial charge in [0, 0.05) is 31.4 Å². The first kappa shape index (κ1) is 15.6. The number of rotatable bonds is 7. The number of ether oxygens (including phenoxy) is 1. The minimum Gasteiger partial charge on any atom is -0.496 e. The van der Waals surface area contributed by atoms with Gasteiger partial charge in [-0.3, -0.25) is 0 Å². The standard InChI is InChI=1S/C17H25N3O/c1-5-9-20-10-8-19-17(20)12-15(18-3)14-6-7-16(21-4)13(2)11-14/h6-8,10-11,15,18H,5,9,12H2,1-4H3. The lowest BCUT2D eigenvalue weighted by Crippen LogP contribution is -2.21. The van der Waals surface area contributed by atoms with Crippen LogP contribution >= 0.6 is 0 Å². The van der Waals surface area contributed by atoms with Gasteiger partial charge in [0.2, 0.25) is 0 Å². The highest BCUT2D eigenvalue weighted by atomic mass is 16.5. The lowest BCUT2D eigenvalue weighted by atomic mass is 10.0. The number of hydrogen-bond donors (Lipinski definition) is 1. The van der Waals surface area contributed by atoms with Crippen LogP contribution in [0.4, 0.5) is 0 Å². The number of nitrogens with one attached hydrogen (secondary N) is 1. The van der Waals surface area contributed by atoms with Crippen molar-refractivity contribution >= 4 is 0 Å². The molecule has 2 aromatic rings. The van der Waals surface area contributed by atoms with Crippen LogP contribution in [0.25, 0.3) is 0 Å². The Hall–Kier alpha value is -1.81. The van der Waals surface area contributed by atoms with Crippen LogP contribution in [-0.4, -0.2) is 23.7 Å². The molecule has 0 fully saturated rings. The van der Waals surface area contributed by atoms with Crippen molar-refractivity contribution in [3.63, 3.8) is 0 Å². The van der Waals surface area contributed by atoms with E-state index in [4.69, 9.17) is 4.74 Å². The number of aryl methyl sites for hydroxylation is 2. The average Bonchev–Trinajstić information content (AvgIpc) is 2.92. The van der Waals surface area contributed by atoms with Gasteiger partial charge in [0.15, 0.2) is 0 Å². The van der Waals surface area contributed by atoms with Crippen molar-refractivity contribution in [2.24, 2.45) is 0 Å². The summed E-state index contributed by atoms with van der Waals surface area (Å²) in [5.41, 5.74) is 2.42. The van der Waals surface area contributed by atoms with Crippen molar-refractivity contribution in [3.05, 3.63) is 47.5 Å². The summed E-state index contributed by atoms with van der Waals surface area (Å²) >= 11 is 0. The molecule has 1 N–H and O–H groups in total. The maximum atomic E-state index is 5.33. The number of aromatic nitrogens is 2. The Kier molecular flexibility index (Phi) is 5.39. The first-order chi connectivity index (χ1) is 10.2. The molecule has 21 heavy (non-hydrogen) atoms. The summed E-state index contributed by atoms with van der Waals surface area (Å²) in [6.07, 6.45) is 5.95. The van der Waals surface area contributed by atoms with E-state index >= 15 is 0 Å². The predicted molar refractivity (Wildman–Crippen MR) is 85.8 cm³/mol. The quantitative estimate of drug-likeness (QED) is 0.850. The van der Waals surface area contributed by atoms with Gasteiger partial charge in [-0.05, 0) is 37.6 Å². The molecule has 0 saturated carbocycles. The topological polar surface area (TPSA) is 39.1 Å². The van der Waals surface area contributed by atoms with E-state index < -0.39 is 0 Å². The Bertz CT molecular complexity index is 577. The first-order valence-corrected chi connectivity index (χ1v) is 7.51. The zero-order valence-electron chi connectivity index (χ0n) is 13.4. The largest absolute Gasteiger partial charge is 0.496 e. The molecule has 4 heteroatoms. The third kappa shape index (κ3) is 3.64. The second-order valence-electron chi connectivity index (χ2n) is 5.31. The van der Waals surface area contributed by atoms with E-state index in [1.54, 1.807) is 7.11 Å². The molecule has 0 amide bonds. The fourth-order valence-corrected chi connectivity index (χ4v) is 2.66. The maximum Gasteiger partial charge on any atom is 0.121 e. The van der Waals surface area contributed by atoms with Gasteiger partial charge in [-0.1, -0.05) is 19.1 Å². The summed E-state index contributed by atoms with van der Waals surface area (Å²) in [7, 11) is 3.70. The van der Waals surface area contributed by atoms with Gasteiger partial charge in [-0.2, -0.15) is 0 Å². The molecule has 1 unspecified atom stereocenters. The molecular weight excluding hydrogens is 262 g/mol. The van der Waals surface area contributed by atoms with E-state index in [9.17, 15) is 0 Å². The van der Waals surface area contributed by atoms with Crippen molar-refractivity contribution in [1.29, 1.82) is 0 Å². The van der Waals surface area contributed by atoms with Crippen LogP contribution in [0.5, 0.6) is 5.75 Å². The summed E-state index contributed by atoms with van der Waals surface area (Å²) in [6.45, 7) is 5.28. The van der Waals surface area contributed by atoms with Gasteiger partial charge in [0.25, 0.3) is 0 Å². The molecule has 0 spiro atoms. The predicted octanol–water partition coefficient (Wildman–Crippen LogP) is 3.11. The van der Waals surface area contributed by atoms with Gasteiger partial charge >= 0.3 is 0 Å². The van der Waals surface area contributed by atoms with E-state index in [1.165, 1.54) is 5.56 Å². The minimum atomic E-state index is 0.257. The lowest BCUT2D eigenvalue weighted by molar-refractivity contribution is 0.411. The fraction of sp³-hybridized carbons (Fsp3) is 0.471. The maximum absolute atomic E-state index is 5.33. The average molecular weight is 287 g/mol. The van der Waals surface area contributed by atoms with Gasteiger partial charge in [0.05, 0.1) is 7.11 Å². The molecule has 0 bridgehead atoms. The smallest absolute Gasteiger partial charge is 0.121 e. The highest BCUT2D eigenvalue weighted by Gasteiger charge is 2.14. The number of methoxy groups -OCH3 is 1. The van der Waals surface area contributed by atoms with E-state index in [1.807, 2.05) is 19.3 Å². The molecule has 0 aliphatic rings. The first-order valence-electron chi connectivity index (χ1n) is 7.51. The van der Waals surface area contributed by atoms with Crippen LogP contribution in [0.15, 0.2) is 30.6 Å². The summed E-state index contributed by atoms with van der Waals surface area (Å²) in [5.74, 6) is 2.06. The van der Waals surface area contributed by atoms with E-state index in [0.29, 0.717) is 0 Å². The second kappa shape index (κ2) is 7.27. The van der Waals surface area contributed by atoms with Crippen molar-refractivity contribution < 1.29 is 4.74 Å². The molecule has 0 aliphatic heterocycles. The molecule has 1 atom stereocenters. The van der Waals surface area contributed by atoms with E-state index in [2.05, 4.69) is 47.0 Å². The van der Waals surface area contributed by atoms with Crippen molar-refractivity contribution in [2.75, 3.05) is 14.2 Å². The zero-order chi connectivity index (χ0) is 15.2. The SMILES string of the molecule is CCCn1ccnc1CC(NC)c1ccc(OC)c(C)c1. The highest BCUT2D eigenvalue weighted by Crippen LogP contribution is 2.24. The second-order valence-corrected chi connectivity index (χ2v) is 5.31. The third-order valence-corrected chi connectivity index (χ3v) is 3.82. The number of likely N-dealkylation sites (N-methyl/N-ethyl adjacent to an activating group) is 1. The molecule has 1 aromatic carbocycles. The highest BCUT2D eigenvalue weighted by molar-refractivity contribution is 5.37. The summed E-state index contributed by atoms with van der Waals surface area (Å²) in [6, 6.07) is 6.60. The Morgan fingerprint density at radius 1 is 1.38 bits per heavy atom. The molecular formula is C17H25N3O. The Balaban J connectivity index is 2.19. The van der Waals surface area contributed by atoms with Gasteiger partial charge in [-0.25, -0.2) is 4.98 Å². The van der Waals surface area contributed by atoms with Crippen molar-refractivity contribution in [2.45, 2.75) is 39.3 Å². The fourth-order valence-electron chi connectivity index (χ4n) is 2.66. The molecule has 0 radical (unpaired) electrons. The Labute approximate surface area is 127 Å². The van der Waals surface area contributed by atoms with Crippen molar-refractivity contribution in [3.8, 4) is 5.75 Å². The van der Waals surface area contributed by atoms with Crippen LogP contribution in [0.1, 0.15) is 36.3 Å². The van der Waals surface area contributed by atoms with Gasteiger partial charge in [0.1, 0.15) is 11.6 Å². The molecule has 1 heterocycles. The Morgan fingerprint density at radius 2 is 2.19 bits per heavy atom. The van der Waals surface area contributed by atoms with Crippen LogP contribution in [0, 0.1) is 6.92 Å². The number of benzene rings is 1. The number of imidazole rings is 1. The molecule has 2 rings (SSSR count).